The largest absolute Gasteiger partial charge is 0.455 e. The second kappa shape index (κ2) is 9.31. The normalized spacial score (nSPS) is 17.6. The summed E-state index contributed by atoms with van der Waals surface area (Å²) in [6.07, 6.45) is 0.495. The Bertz CT molecular complexity index is 698. The smallest absolute Gasteiger partial charge is 0.389 e. The van der Waals surface area contributed by atoms with E-state index in [-0.39, 0.29) is 12.1 Å². The molecule has 0 amide bonds. The second-order valence-electron chi connectivity index (χ2n) is 6.32. The Morgan fingerprint density at radius 1 is 1.00 bits per heavy atom. The molecule has 1 aliphatic heterocycles. The van der Waals surface area contributed by atoms with Crippen molar-refractivity contribution in [1.29, 1.82) is 0 Å². The van der Waals surface area contributed by atoms with Crippen LogP contribution in [-0.2, 0) is 9.53 Å². The number of carbonyl (C=O) groups is 1. The van der Waals surface area contributed by atoms with Gasteiger partial charge in [-0.2, -0.15) is 0 Å². The van der Waals surface area contributed by atoms with Crippen molar-refractivity contribution < 1.29 is 19.0 Å². The van der Waals surface area contributed by atoms with Crippen LogP contribution in [0.25, 0.3) is 0 Å². The number of hydrogen-bond donors (Lipinski definition) is 1. The average molecular weight is 410 g/mol. The summed E-state index contributed by atoms with van der Waals surface area (Å²) in [5.41, 5.74) is 0. The van der Waals surface area contributed by atoms with Gasteiger partial charge in [-0.3, -0.25) is 0 Å². The molecule has 5 nitrogen and oxygen atoms in total. The molecule has 0 spiro atoms. The minimum absolute atomic E-state index is 0.140. The lowest BCUT2D eigenvalue weighted by atomic mass is 10.1. The van der Waals surface area contributed by atoms with Crippen LogP contribution in [0.1, 0.15) is 19.8 Å². The third-order valence-electron chi connectivity index (χ3n) is 4.27. The number of benzene rings is 2. The second-order valence-corrected chi connectivity index (χ2v) is 7.19. The summed E-state index contributed by atoms with van der Waals surface area (Å²) < 4.78 is 17.0. The fourth-order valence-electron chi connectivity index (χ4n) is 2.83. The van der Waals surface area contributed by atoms with E-state index in [0.29, 0.717) is 21.5 Å². The van der Waals surface area contributed by atoms with Gasteiger partial charge in [0.1, 0.15) is 17.6 Å². The fraction of sp³-hybridized carbons (Fsp3) is 0.350. The number of hydrogen-bond acceptors (Lipinski definition) is 5. The van der Waals surface area contributed by atoms with Crippen molar-refractivity contribution in [2.24, 2.45) is 0 Å². The van der Waals surface area contributed by atoms with Gasteiger partial charge in [0.2, 0.25) is 0 Å². The first-order valence-electron chi connectivity index (χ1n) is 8.79. The van der Waals surface area contributed by atoms with Crippen LogP contribution in [-0.4, -0.2) is 30.9 Å². The summed E-state index contributed by atoms with van der Waals surface area (Å²) in [5, 5.41) is 4.47. The van der Waals surface area contributed by atoms with E-state index in [1.54, 1.807) is 48.5 Å². The van der Waals surface area contributed by atoms with Gasteiger partial charge < -0.3 is 19.5 Å². The average Bonchev–Trinajstić information content (AvgIpc) is 3.19. The molecular formula is C20H21Cl2NO4. The number of esters is 1. The predicted octanol–water partition coefficient (Wildman–Crippen LogP) is 4.46. The van der Waals surface area contributed by atoms with Gasteiger partial charge in [-0.05, 0) is 74.8 Å². The minimum atomic E-state index is -1.25. The van der Waals surface area contributed by atoms with E-state index in [0.717, 1.165) is 19.4 Å². The Morgan fingerprint density at radius 2 is 1.52 bits per heavy atom. The molecule has 0 aromatic heterocycles. The van der Waals surface area contributed by atoms with E-state index in [2.05, 4.69) is 5.32 Å². The van der Waals surface area contributed by atoms with Crippen LogP contribution in [0.15, 0.2) is 48.5 Å². The molecule has 0 radical (unpaired) electrons. The lowest BCUT2D eigenvalue weighted by Crippen LogP contribution is -2.42. The highest BCUT2D eigenvalue weighted by Crippen LogP contribution is 2.22. The van der Waals surface area contributed by atoms with Crippen LogP contribution in [0.4, 0.5) is 0 Å². The summed E-state index contributed by atoms with van der Waals surface area (Å²) in [5.74, 6) is 0.296. The fourth-order valence-corrected chi connectivity index (χ4v) is 3.08. The molecule has 144 valence electrons. The molecular weight excluding hydrogens is 389 g/mol. The zero-order chi connectivity index (χ0) is 19.2. The van der Waals surface area contributed by atoms with Crippen LogP contribution in [0.2, 0.25) is 10.0 Å². The van der Waals surface area contributed by atoms with Crippen molar-refractivity contribution >= 4 is 29.2 Å². The Kier molecular flexibility index (Phi) is 6.83. The van der Waals surface area contributed by atoms with E-state index in [1.165, 1.54) is 0 Å². The highest BCUT2D eigenvalue weighted by molar-refractivity contribution is 6.30. The molecule has 2 aromatic rings. The Labute approximate surface area is 168 Å². The highest BCUT2D eigenvalue weighted by atomic mass is 35.5. The quantitative estimate of drug-likeness (QED) is 0.540. The number of halogens is 2. The molecule has 1 aliphatic rings. The molecule has 0 aliphatic carbocycles. The summed E-state index contributed by atoms with van der Waals surface area (Å²) in [6.45, 7) is 2.79. The van der Waals surface area contributed by atoms with Gasteiger partial charge >= 0.3 is 12.3 Å². The van der Waals surface area contributed by atoms with Crippen molar-refractivity contribution in [2.75, 3.05) is 6.54 Å². The lowest BCUT2D eigenvalue weighted by molar-refractivity contribution is -0.171. The molecule has 3 rings (SSSR count). The monoisotopic (exact) mass is 409 g/mol. The minimum Gasteiger partial charge on any atom is -0.455 e. The van der Waals surface area contributed by atoms with E-state index < -0.39 is 12.3 Å². The van der Waals surface area contributed by atoms with Gasteiger partial charge in [0.15, 0.2) is 0 Å². The Balaban J connectivity index is 1.71. The zero-order valence-electron chi connectivity index (χ0n) is 14.9. The summed E-state index contributed by atoms with van der Waals surface area (Å²) in [4.78, 5) is 12.7. The Morgan fingerprint density at radius 3 is 1.96 bits per heavy atom. The van der Waals surface area contributed by atoms with Gasteiger partial charge in [0.25, 0.3) is 0 Å². The summed E-state index contributed by atoms with van der Waals surface area (Å²) >= 11 is 11.8. The Hall–Kier alpha value is -1.95. The van der Waals surface area contributed by atoms with Gasteiger partial charge in [0.05, 0.1) is 0 Å². The molecule has 2 aromatic carbocycles. The molecule has 2 unspecified atom stereocenters. The number of nitrogens with one attached hydrogen (secondary N) is 1. The number of carbonyl (C=O) groups excluding carboxylic acids is 1. The van der Waals surface area contributed by atoms with Crippen molar-refractivity contribution in [1.82, 2.24) is 5.32 Å². The van der Waals surface area contributed by atoms with E-state index >= 15 is 0 Å². The molecule has 1 N–H and O–H groups in total. The third-order valence-corrected chi connectivity index (χ3v) is 4.78. The van der Waals surface area contributed by atoms with Crippen LogP contribution in [0, 0.1) is 0 Å². The van der Waals surface area contributed by atoms with Gasteiger partial charge in [-0.1, -0.05) is 23.2 Å². The SMILES string of the molecule is CC(OC(=O)C(Oc1ccc(Cl)cc1)Oc1ccc(Cl)cc1)C1CCCN1. The molecule has 0 saturated carbocycles. The van der Waals surface area contributed by atoms with Crippen molar-refractivity contribution in [3.05, 3.63) is 58.6 Å². The molecule has 1 fully saturated rings. The van der Waals surface area contributed by atoms with Gasteiger partial charge in [0, 0.05) is 16.1 Å². The summed E-state index contributed by atoms with van der Waals surface area (Å²) in [7, 11) is 0. The third kappa shape index (κ3) is 5.76. The first kappa shape index (κ1) is 19.8. The first-order valence-corrected chi connectivity index (χ1v) is 9.55. The van der Waals surface area contributed by atoms with Crippen LogP contribution >= 0.6 is 23.2 Å². The van der Waals surface area contributed by atoms with Crippen LogP contribution in [0.5, 0.6) is 11.5 Å². The van der Waals surface area contributed by atoms with E-state index in [9.17, 15) is 4.79 Å². The predicted molar refractivity (Wildman–Crippen MR) is 105 cm³/mol. The van der Waals surface area contributed by atoms with Crippen molar-refractivity contribution in [3.8, 4) is 11.5 Å². The zero-order valence-corrected chi connectivity index (χ0v) is 16.4. The van der Waals surface area contributed by atoms with E-state index in [4.69, 9.17) is 37.4 Å². The first-order chi connectivity index (χ1) is 13.0. The summed E-state index contributed by atoms with van der Waals surface area (Å²) in [6, 6.07) is 13.5. The topological polar surface area (TPSA) is 56.8 Å². The lowest BCUT2D eigenvalue weighted by Gasteiger charge is -2.24. The molecule has 7 heteroatoms. The van der Waals surface area contributed by atoms with Crippen LogP contribution in [0.3, 0.4) is 0 Å². The van der Waals surface area contributed by atoms with Gasteiger partial charge in [-0.25, -0.2) is 4.79 Å². The van der Waals surface area contributed by atoms with Crippen molar-refractivity contribution in [2.45, 2.75) is 38.2 Å². The maximum Gasteiger partial charge on any atom is 0.389 e. The maximum absolute atomic E-state index is 12.7. The standard InChI is InChI=1S/C20H21Cl2NO4/c1-13(18-3-2-12-23-18)25-19(24)20(26-16-8-4-14(21)5-9-16)27-17-10-6-15(22)7-11-17/h4-11,13,18,20,23H,2-3,12H2,1H3. The highest BCUT2D eigenvalue weighted by Gasteiger charge is 2.30. The molecule has 1 heterocycles. The van der Waals surface area contributed by atoms with Gasteiger partial charge in [-0.15, -0.1) is 0 Å². The molecule has 27 heavy (non-hydrogen) atoms. The van der Waals surface area contributed by atoms with Crippen molar-refractivity contribution in [3.63, 3.8) is 0 Å². The van der Waals surface area contributed by atoms with Crippen LogP contribution < -0.4 is 14.8 Å². The maximum atomic E-state index is 12.7. The molecule has 2 atom stereocenters. The molecule has 0 bridgehead atoms. The molecule has 1 saturated heterocycles. The number of ether oxygens (including phenoxy) is 3. The van der Waals surface area contributed by atoms with E-state index in [1.807, 2.05) is 6.92 Å². The number of rotatable bonds is 7.